The van der Waals surface area contributed by atoms with Gasteiger partial charge in [-0.1, -0.05) is 11.6 Å². The van der Waals surface area contributed by atoms with Crippen LogP contribution >= 0.6 is 11.6 Å². The Kier molecular flexibility index (Phi) is 5.04. The normalized spacial score (nSPS) is 10.0. The predicted octanol–water partition coefficient (Wildman–Crippen LogP) is 3.73. The van der Waals surface area contributed by atoms with Crippen molar-refractivity contribution in [3.8, 4) is 23.3 Å². The molecule has 0 heterocycles. The molecule has 0 amide bonds. The number of rotatable bonds is 5. The van der Waals surface area contributed by atoms with Gasteiger partial charge in [0.15, 0.2) is 11.5 Å². The van der Waals surface area contributed by atoms with Crippen LogP contribution in [0.2, 0.25) is 5.02 Å². The number of halogens is 1. The average Bonchev–Trinajstić information content (AvgIpc) is 2.50. The minimum absolute atomic E-state index is 0.558. The summed E-state index contributed by atoms with van der Waals surface area (Å²) < 4.78 is 11.2. The van der Waals surface area contributed by atoms with Gasteiger partial charge in [0.25, 0.3) is 0 Å². The standard InChI is InChI=1S/C16H15ClN2O2/c1-19-10-12-7-11(9-18)3-5-14(12)21-15-6-4-13(17)8-16(15)20-2/h3-8,19H,10H2,1-2H3. The summed E-state index contributed by atoms with van der Waals surface area (Å²) in [5.74, 6) is 1.80. The smallest absolute Gasteiger partial charge is 0.169 e. The quantitative estimate of drug-likeness (QED) is 0.914. The first kappa shape index (κ1) is 15.2. The number of methoxy groups -OCH3 is 1. The van der Waals surface area contributed by atoms with E-state index in [-0.39, 0.29) is 0 Å². The Hall–Kier alpha value is -2.22. The van der Waals surface area contributed by atoms with Crippen molar-refractivity contribution in [1.29, 1.82) is 5.26 Å². The summed E-state index contributed by atoms with van der Waals surface area (Å²) in [6.07, 6.45) is 0. The Morgan fingerprint density at radius 1 is 1.14 bits per heavy atom. The van der Waals surface area contributed by atoms with Crippen LogP contribution in [0.1, 0.15) is 11.1 Å². The van der Waals surface area contributed by atoms with E-state index in [9.17, 15) is 0 Å². The minimum atomic E-state index is 0.558. The van der Waals surface area contributed by atoms with Gasteiger partial charge in [0.2, 0.25) is 0 Å². The zero-order valence-corrected chi connectivity index (χ0v) is 12.6. The van der Waals surface area contributed by atoms with E-state index in [0.717, 1.165) is 5.56 Å². The molecule has 4 nitrogen and oxygen atoms in total. The molecule has 2 aromatic carbocycles. The van der Waals surface area contributed by atoms with Crippen molar-refractivity contribution in [2.45, 2.75) is 6.54 Å². The zero-order chi connectivity index (χ0) is 15.2. The molecule has 0 saturated heterocycles. The fourth-order valence-corrected chi connectivity index (χ4v) is 2.08. The molecule has 0 aliphatic carbocycles. The molecule has 2 aromatic rings. The molecule has 108 valence electrons. The van der Waals surface area contributed by atoms with Crippen LogP contribution < -0.4 is 14.8 Å². The monoisotopic (exact) mass is 302 g/mol. The van der Waals surface area contributed by atoms with Gasteiger partial charge in [0.1, 0.15) is 5.75 Å². The average molecular weight is 303 g/mol. The van der Waals surface area contributed by atoms with Crippen molar-refractivity contribution >= 4 is 11.6 Å². The van der Waals surface area contributed by atoms with Crippen LogP contribution in [0, 0.1) is 11.3 Å². The van der Waals surface area contributed by atoms with Crippen LogP contribution in [0.15, 0.2) is 36.4 Å². The second-order valence-corrected chi connectivity index (χ2v) is 4.80. The maximum absolute atomic E-state index is 8.98. The maximum Gasteiger partial charge on any atom is 0.169 e. The molecule has 0 saturated carbocycles. The van der Waals surface area contributed by atoms with Gasteiger partial charge in [-0.25, -0.2) is 0 Å². The first-order valence-electron chi connectivity index (χ1n) is 6.37. The number of nitrogens with one attached hydrogen (secondary N) is 1. The van der Waals surface area contributed by atoms with Crippen molar-refractivity contribution in [2.24, 2.45) is 0 Å². The second-order valence-electron chi connectivity index (χ2n) is 4.36. The van der Waals surface area contributed by atoms with E-state index in [1.165, 1.54) is 0 Å². The molecular weight excluding hydrogens is 288 g/mol. The first-order chi connectivity index (χ1) is 10.2. The Morgan fingerprint density at radius 2 is 1.90 bits per heavy atom. The van der Waals surface area contributed by atoms with Crippen LogP contribution in [-0.2, 0) is 6.54 Å². The van der Waals surface area contributed by atoms with Crippen molar-refractivity contribution in [3.63, 3.8) is 0 Å². The highest BCUT2D eigenvalue weighted by atomic mass is 35.5. The summed E-state index contributed by atoms with van der Waals surface area (Å²) in [4.78, 5) is 0. The van der Waals surface area contributed by atoms with E-state index in [1.807, 2.05) is 7.05 Å². The molecule has 0 spiro atoms. The molecule has 5 heteroatoms. The fourth-order valence-electron chi connectivity index (χ4n) is 1.92. The Bertz CT molecular complexity index is 680. The van der Waals surface area contributed by atoms with E-state index >= 15 is 0 Å². The Labute approximate surface area is 128 Å². The highest BCUT2D eigenvalue weighted by Gasteiger charge is 2.10. The lowest BCUT2D eigenvalue weighted by molar-refractivity contribution is 0.377. The molecule has 0 aliphatic heterocycles. The summed E-state index contributed by atoms with van der Waals surface area (Å²) in [5.41, 5.74) is 1.49. The SMILES string of the molecule is CNCc1cc(C#N)ccc1Oc1ccc(Cl)cc1OC. The third kappa shape index (κ3) is 3.66. The number of ether oxygens (including phenoxy) is 2. The first-order valence-corrected chi connectivity index (χ1v) is 6.74. The highest BCUT2D eigenvalue weighted by Crippen LogP contribution is 2.35. The molecule has 0 fully saturated rings. The highest BCUT2D eigenvalue weighted by molar-refractivity contribution is 6.30. The molecule has 0 bridgehead atoms. The zero-order valence-electron chi connectivity index (χ0n) is 11.8. The van der Waals surface area contributed by atoms with Gasteiger partial charge in [0.05, 0.1) is 18.7 Å². The Balaban J connectivity index is 2.37. The minimum Gasteiger partial charge on any atom is -0.493 e. The van der Waals surface area contributed by atoms with E-state index in [1.54, 1.807) is 43.5 Å². The summed E-state index contributed by atoms with van der Waals surface area (Å²) in [5, 5.41) is 12.6. The summed E-state index contributed by atoms with van der Waals surface area (Å²) >= 11 is 5.94. The van der Waals surface area contributed by atoms with Crippen molar-refractivity contribution < 1.29 is 9.47 Å². The van der Waals surface area contributed by atoms with Gasteiger partial charge in [-0.2, -0.15) is 5.26 Å². The van der Waals surface area contributed by atoms with Gasteiger partial charge >= 0.3 is 0 Å². The molecular formula is C16H15ClN2O2. The summed E-state index contributed by atoms with van der Waals surface area (Å²) in [6.45, 7) is 0.598. The lowest BCUT2D eigenvalue weighted by atomic mass is 10.1. The van der Waals surface area contributed by atoms with Gasteiger partial charge in [0, 0.05) is 23.2 Å². The van der Waals surface area contributed by atoms with E-state index in [4.69, 9.17) is 26.3 Å². The molecule has 0 unspecified atom stereocenters. The maximum atomic E-state index is 8.98. The fraction of sp³-hybridized carbons (Fsp3) is 0.188. The largest absolute Gasteiger partial charge is 0.493 e. The molecule has 2 rings (SSSR count). The van der Waals surface area contributed by atoms with Gasteiger partial charge < -0.3 is 14.8 Å². The molecule has 0 aromatic heterocycles. The van der Waals surface area contributed by atoms with Crippen LogP contribution in [0.25, 0.3) is 0 Å². The van der Waals surface area contributed by atoms with E-state index < -0.39 is 0 Å². The van der Waals surface area contributed by atoms with E-state index in [2.05, 4.69) is 11.4 Å². The number of hydrogen-bond donors (Lipinski definition) is 1. The van der Waals surface area contributed by atoms with Gasteiger partial charge in [-0.15, -0.1) is 0 Å². The van der Waals surface area contributed by atoms with Crippen molar-refractivity contribution in [2.75, 3.05) is 14.2 Å². The number of hydrogen-bond acceptors (Lipinski definition) is 4. The van der Waals surface area contributed by atoms with Crippen molar-refractivity contribution in [1.82, 2.24) is 5.32 Å². The van der Waals surface area contributed by atoms with Crippen LogP contribution in [0.4, 0.5) is 0 Å². The van der Waals surface area contributed by atoms with Crippen LogP contribution in [0.5, 0.6) is 17.2 Å². The molecule has 0 aliphatic rings. The topological polar surface area (TPSA) is 54.3 Å². The van der Waals surface area contributed by atoms with Crippen LogP contribution in [-0.4, -0.2) is 14.2 Å². The van der Waals surface area contributed by atoms with E-state index in [0.29, 0.717) is 34.4 Å². The second kappa shape index (κ2) is 6.98. The molecule has 0 atom stereocenters. The molecule has 21 heavy (non-hydrogen) atoms. The lowest BCUT2D eigenvalue weighted by Crippen LogP contribution is -2.07. The third-order valence-corrected chi connectivity index (χ3v) is 3.14. The van der Waals surface area contributed by atoms with Gasteiger partial charge in [-0.3, -0.25) is 0 Å². The molecule has 1 N–H and O–H groups in total. The lowest BCUT2D eigenvalue weighted by Gasteiger charge is -2.14. The number of nitrogens with zero attached hydrogens (tertiary/aromatic N) is 1. The molecule has 0 radical (unpaired) electrons. The number of nitriles is 1. The summed E-state index contributed by atoms with van der Waals surface area (Å²) in [6, 6.07) is 12.6. The number of benzene rings is 2. The Morgan fingerprint density at radius 3 is 2.57 bits per heavy atom. The summed E-state index contributed by atoms with van der Waals surface area (Å²) in [7, 11) is 3.40. The van der Waals surface area contributed by atoms with Crippen molar-refractivity contribution in [3.05, 3.63) is 52.5 Å². The predicted molar refractivity (Wildman–Crippen MR) is 82.0 cm³/mol. The van der Waals surface area contributed by atoms with Gasteiger partial charge in [-0.05, 0) is 37.4 Å². The third-order valence-electron chi connectivity index (χ3n) is 2.90. The van der Waals surface area contributed by atoms with Crippen LogP contribution in [0.3, 0.4) is 0 Å².